The van der Waals surface area contributed by atoms with Crippen LogP contribution in [0.5, 0.6) is 0 Å². The van der Waals surface area contributed by atoms with Gasteiger partial charge in [-0.15, -0.1) is 0 Å². The van der Waals surface area contributed by atoms with E-state index >= 15 is 0 Å². The molecule has 1 rings (SSSR count). The first-order chi connectivity index (χ1) is 20.3. The van der Waals surface area contributed by atoms with Crippen LogP contribution >= 0.6 is 0 Å². The van der Waals surface area contributed by atoms with Crippen LogP contribution in [-0.4, -0.2) is 90.1 Å². The van der Waals surface area contributed by atoms with Gasteiger partial charge < -0.3 is 4.74 Å². The standard InChI is InChI=1S/C21H16F24O2/c1-7(46)8-2-4-9(5-3-8)47-6-11(24,25)13(28,29)15(32,33)17(36,37)19(40,41)21(44,45)20(42,43)18(38,39)16(34,35)14(30,31)12(26,27)10(22)23/h8-10H,2-6H2,1H3. The number of Topliss-reactive ketones (excluding diaryl/α,β-unsaturated/α-hetero) is 1. The molecule has 26 heteroatoms. The largest absolute Gasteiger partial charge is 0.385 e. The van der Waals surface area contributed by atoms with Crippen LogP contribution in [0, 0.1) is 5.92 Å². The summed E-state index contributed by atoms with van der Waals surface area (Å²) < 4.78 is 329. The molecule has 0 bridgehead atoms. The number of carbonyl (C=O) groups is 1. The number of hydrogen-bond acceptors (Lipinski definition) is 2. The number of halogens is 24. The van der Waals surface area contributed by atoms with Crippen LogP contribution < -0.4 is 0 Å². The molecule has 0 aromatic rings. The Bertz CT molecular complexity index is 1120. The van der Waals surface area contributed by atoms with Gasteiger partial charge in [-0.2, -0.15) is 96.6 Å². The zero-order valence-electron chi connectivity index (χ0n) is 22.2. The SMILES string of the molecule is CC(=O)C1CCC(OCC(F)(F)C(F)(F)C(F)(F)C(F)(F)C(F)(F)C(F)(F)C(F)(F)C(F)(F)C(F)(F)C(F)(F)C(F)(F)C(F)F)CC1. The molecule has 0 atom stereocenters. The third-order valence-electron chi connectivity index (χ3n) is 7.06. The summed E-state index contributed by atoms with van der Waals surface area (Å²) in [4.78, 5) is 11.2. The second-order valence-corrected chi connectivity index (χ2v) is 10.2. The van der Waals surface area contributed by atoms with E-state index in [4.69, 9.17) is 0 Å². The molecule has 0 radical (unpaired) electrons. The first kappa shape index (κ1) is 43.0. The summed E-state index contributed by atoms with van der Waals surface area (Å²) in [5.74, 6) is -97.7. The molecular weight excluding hydrogens is 740 g/mol. The second-order valence-electron chi connectivity index (χ2n) is 10.2. The Kier molecular flexibility index (Phi) is 11.0. The van der Waals surface area contributed by atoms with E-state index < -0.39 is 109 Å². The minimum absolute atomic E-state index is 0.221. The summed E-state index contributed by atoms with van der Waals surface area (Å²) in [6.07, 6.45) is -9.34. The topological polar surface area (TPSA) is 26.3 Å². The van der Waals surface area contributed by atoms with Crippen LogP contribution in [0.4, 0.5) is 105 Å². The average molecular weight is 756 g/mol. The minimum atomic E-state index is -9.49. The highest BCUT2D eigenvalue weighted by molar-refractivity contribution is 5.78. The lowest BCUT2D eigenvalue weighted by atomic mass is 9.84. The van der Waals surface area contributed by atoms with Gasteiger partial charge in [0.15, 0.2) is 0 Å². The highest BCUT2D eigenvalue weighted by Gasteiger charge is 2.98. The summed E-state index contributed by atoms with van der Waals surface area (Å²) in [6.45, 7) is -2.12. The van der Waals surface area contributed by atoms with Crippen molar-refractivity contribution in [2.75, 3.05) is 6.61 Å². The fraction of sp³-hybridized carbons (Fsp3) is 0.952. The van der Waals surface area contributed by atoms with Crippen molar-refractivity contribution in [2.45, 2.75) is 110 Å². The summed E-state index contributed by atoms with van der Waals surface area (Å²) in [7, 11) is 0. The van der Waals surface area contributed by atoms with Gasteiger partial charge in [0.05, 0.1) is 6.10 Å². The van der Waals surface area contributed by atoms with Crippen LogP contribution in [-0.2, 0) is 9.53 Å². The molecule has 0 N–H and O–H groups in total. The molecular formula is C21H16F24O2. The molecule has 0 aromatic heterocycles. The lowest BCUT2D eigenvalue weighted by molar-refractivity contribution is -0.476. The highest BCUT2D eigenvalue weighted by atomic mass is 19.4. The lowest BCUT2D eigenvalue weighted by Gasteiger charge is -2.45. The quantitative estimate of drug-likeness (QED) is 0.156. The van der Waals surface area contributed by atoms with Gasteiger partial charge in [-0.05, 0) is 32.6 Å². The van der Waals surface area contributed by atoms with E-state index in [2.05, 4.69) is 4.74 Å². The fourth-order valence-electron chi connectivity index (χ4n) is 3.91. The second kappa shape index (κ2) is 12.1. The molecule has 0 spiro atoms. The van der Waals surface area contributed by atoms with Crippen molar-refractivity contribution in [3.05, 3.63) is 0 Å². The minimum Gasteiger partial charge on any atom is -0.372 e. The maximum absolute atomic E-state index is 14.0. The normalized spacial score (nSPS) is 21.0. The monoisotopic (exact) mass is 756 g/mol. The third-order valence-corrected chi connectivity index (χ3v) is 7.06. The van der Waals surface area contributed by atoms with Crippen molar-refractivity contribution in [3.63, 3.8) is 0 Å². The summed E-state index contributed by atoms with van der Waals surface area (Å²) in [6, 6.07) is 0. The number of carbonyl (C=O) groups excluding carboxylic acids is 1. The van der Waals surface area contributed by atoms with E-state index in [1.807, 2.05) is 0 Å². The molecule has 0 unspecified atom stereocenters. The maximum Gasteiger partial charge on any atom is 0.385 e. The number of alkyl halides is 24. The molecule has 0 saturated heterocycles. The van der Waals surface area contributed by atoms with Gasteiger partial charge in [-0.1, -0.05) is 0 Å². The van der Waals surface area contributed by atoms with Gasteiger partial charge in [0.25, 0.3) is 0 Å². The maximum atomic E-state index is 14.0. The van der Waals surface area contributed by atoms with E-state index in [0.29, 0.717) is 0 Å². The molecule has 0 aromatic carbocycles. The number of ketones is 1. The Balaban J connectivity index is 3.59. The Morgan fingerprint density at radius 2 is 0.787 bits per heavy atom. The molecule has 1 saturated carbocycles. The Morgan fingerprint density at radius 3 is 1.06 bits per heavy atom. The van der Waals surface area contributed by atoms with Gasteiger partial charge in [0, 0.05) is 5.92 Å². The summed E-state index contributed by atoms with van der Waals surface area (Å²) >= 11 is 0. The molecule has 0 aliphatic heterocycles. The molecule has 0 amide bonds. The lowest BCUT2D eigenvalue weighted by Crippen LogP contribution is -2.78. The van der Waals surface area contributed by atoms with E-state index in [-0.39, 0.29) is 12.8 Å². The van der Waals surface area contributed by atoms with Crippen molar-refractivity contribution in [2.24, 2.45) is 5.92 Å². The first-order valence-electron chi connectivity index (χ1n) is 11.9. The van der Waals surface area contributed by atoms with Crippen LogP contribution in [0.2, 0.25) is 0 Å². The molecule has 0 heterocycles. The van der Waals surface area contributed by atoms with E-state index in [1.54, 1.807) is 0 Å². The zero-order valence-corrected chi connectivity index (χ0v) is 22.2. The predicted octanol–water partition coefficient (Wildman–Crippen LogP) is 9.40. The Hall–Kier alpha value is -2.05. The van der Waals surface area contributed by atoms with Crippen molar-refractivity contribution < 1.29 is 115 Å². The van der Waals surface area contributed by atoms with Crippen LogP contribution in [0.25, 0.3) is 0 Å². The van der Waals surface area contributed by atoms with Crippen molar-refractivity contribution in [1.29, 1.82) is 0 Å². The van der Waals surface area contributed by atoms with Crippen molar-refractivity contribution >= 4 is 5.78 Å². The summed E-state index contributed by atoms with van der Waals surface area (Å²) in [5, 5.41) is 0. The van der Waals surface area contributed by atoms with Crippen LogP contribution in [0.15, 0.2) is 0 Å². The van der Waals surface area contributed by atoms with Gasteiger partial charge in [0.2, 0.25) is 0 Å². The Morgan fingerprint density at radius 1 is 0.511 bits per heavy atom. The van der Waals surface area contributed by atoms with E-state index in [0.717, 1.165) is 6.92 Å². The zero-order chi connectivity index (χ0) is 38.1. The van der Waals surface area contributed by atoms with Gasteiger partial charge in [-0.3, -0.25) is 4.79 Å². The summed E-state index contributed by atoms with van der Waals surface area (Å²) in [5.41, 5.74) is 0. The predicted molar refractivity (Wildman–Crippen MR) is 103 cm³/mol. The van der Waals surface area contributed by atoms with Crippen molar-refractivity contribution in [1.82, 2.24) is 0 Å². The van der Waals surface area contributed by atoms with Gasteiger partial charge in [0.1, 0.15) is 12.4 Å². The highest BCUT2D eigenvalue weighted by Crippen LogP contribution is 2.67. The molecule has 1 fully saturated rings. The van der Waals surface area contributed by atoms with Gasteiger partial charge in [-0.25, -0.2) is 8.78 Å². The van der Waals surface area contributed by atoms with Crippen molar-refractivity contribution in [3.8, 4) is 0 Å². The third kappa shape index (κ3) is 5.96. The van der Waals surface area contributed by atoms with Crippen LogP contribution in [0.3, 0.4) is 0 Å². The number of ether oxygens (including phenoxy) is 1. The fourth-order valence-corrected chi connectivity index (χ4v) is 3.91. The molecule has 1 aliphatic carbocycles. The Labute approximate surface area is 244 Å². The number of rotatable bonds is 15. The van der Waals surface area contributed by atoms with E-state index in [1.165, 1.54) is 0 Å². The van der Waals surface area contributed by atoms with E-state index in [9.17, 15) is 110 Å². The molecule has 1 aliphatic rings. The average Bonchev–Trinajstić information content (AvgIpc) is 2.90. The molecule has 47 heavy (non-hydrogen) atoms. The molecule has 2 nitrogen and oxygen atoms in total. The first-order valence-corrected chi connectivity index (χ1v) is 11.9. The van der Waals surface area contributed by atoms with Crippen LogP contribution in [0.1, 0.15) is 32.6 Å². The van der Waals surface area contributed by atoms with Gasteiger partial charge >= 0.3 is 71.6 Å². The number of hydrogen-bond donors (Lipinski definition) is 0. The smallest absolute Gasteiger partial charge is 0.372 e. The molecule has 280 valence electrons.